The summed E-state index contributed by atoms with van der Waals surface area (Å²) in [6.07, 6.45) is -1.28. The van der Waals surface area contributed by atoms with Crippen molar-refractivity contribution in [2.24, 2.45) is 5.73 Å². The summed E-state index contributed by atoms with van der Waals surface area (Å²) in [6.45, 7) is -0.306. The molecule has 0 saturated heterocycles. The average Bonchev–Trinajstić information content (AvgIpc) is 3.19. The number of nitrogens with zero attached hydrogens (tertiary/aromatic N) is 3. The van der Waals surface area contributed by atoms with Gasteiger partial charge in [-0.15, -0.1) is 0 Å². The smallest absolute Gasteiger partial charge is 0.327 e. The number of fused-ring (bicyclic) bond motifs is 1. The van der Waals surface area contributed by atoms with E-state index in [9.17, 15) is 26.3 Å². The topological polar surface area (TPSA) is 47.1 Å². The van der Waals surface area contributed by atoms with Crippen molar-refractivity contribution >= 4 is 0 Å². The van der Waals surface area contributed by atoms with Gasteiger partial charge in [-0.25, -0.2) is 13.2 Å². The zero-order valence-corrected chi connectivity index (χ0v) is 15.4. The van der Waals surface area contributed by atoms with Crippen molar-refractivity contribution in [3.05, 3.63) is 52.6 Å². The van der Waals surface area contributed by atoms with E-state index in [1.807, 2.05) is 0 Å². The maximum absolute atomic E-state index is 14.1. The number of benzene rings is 1. The minimum atomic E-state index is -4.35. The summed E-state index contributed by atoms with van der Waals surface area (Å²) in [5.41, 5.74) is 7.62. The summed E-state index contributed by atoms with van der Waals surface area (Å²) in [4.78, 5) is 2.05. The van der Waals surface area contributed by atoms with Crippen LogP contribution in [0.25, 0.3) is 0 Å². The first kappa shape index (κ1) is 20.2. The molecule has 4 nitrogen and oxygen atoms in total. The van der Waals surface area contributed by atoms with Gasteiger partial charge in [-0.05, 0) is 30.9 Å². The molecule has 2 heterocycles. The van der Waals surface area contributed by atoms with Crippen molar-refractivity contribution in [2.45, 2.75) is 63.1 Å². The number of alkyl halides is 3. The largest absolute Gasteiger partial charge is 0.408 e. The van der Waals surface area contributed by atoms with Crippen LogP contribution >= 0.6 is 0 Å². The Labute approximate surface area is 163 Å². The van der Waals surface area contributed by atoms with E-state index in [0.717, 1.165) is 16.3 Å². The van der Waals surface area contributed by atoms with Crippen molar-refractivity contribution in [3.63, 3.8) is 0 Å². The Bertz CT molecular complexity index is 909. The van der Waals surface area contributed by atoms with Crippen molar-refractivity contribution < 1.29 is 26.3 Å². The molecular weight excluding hydrogens is 398 g/mol. The number of halogens is 6. The van der Waals surface area contributed by atoms with Gasteiger partial charge in [0.25, 0.3) is 0 Å². The molecule has 1 saturated carbocycles. The predicted molar refractivity (Wildman–Crippen MR) is 92.2 cm³/mol. The van der Waals surface area contributed by atoms with Gasteiger partial charge in [-0.1, -0.05) is 0 Å². The third-order valence-electron chi connectivity index (χ3n) is 5.92. The van der Waals surface area contributed by atoms with E-state index >= 15 is 0 Å². The third kappa shape index (κ3) is 4.00. The minimum Gasteiger partial charge on any atom is -0.327 e. The Kier molecular flexibility index (Phi) is 5.10. The van der Waals surface area contributed by atoms with Crippen molar-refractivity contribution in [3.8, 4) is 0 Å². The van der Waals surface area contributed by atoms with E-state index in [1.165, 1.54) is 6.20 Å². The molecule has 3 atom stereocenters. The highest BCUT2D eigenvalue weighted by Gasteiger charge is 2.38. The lowest BCUT2D eigenvalue weighted by molar-refractivity contribution is -0.143. The molecular formula is C19H20F6N4. The molecule has 1 aromatic heterocycles. The fraction of sp³-hybridized carbons (Fsp3) is 0.526. The molecule has 10 heteroatoms. The zero-order valence-electron chi connectivity index (χ0n) is 15.4. The maximum Gasteiger partial charge on any atom is 0.408 e. The van der Waals surface area contributed by atoms with E-state index in [2.05, 4.69) is 10.00 Å². The van der Waals surface area contributed by atoms with Crippen LogP contribution in [0.2, 0.25) is 0 Å². The summed E-state index contributed by atoms with van der Waals surface area (Å²) in [7, 11) is 0. The highest BCUT2D eigenvalue weighted by Crippen LogP contribution is 2.38. The van der Waals surface area contributed by atoms with E-state index < -0.39 is 42.1 Å². The number of aromatic nitrogens is 2. The van der Waals surface area contributed by atoms with Gasteiger partial charge >= 0.3 is 6.18 Å². The first-order valence-corrected chi connectivity index (χ1v) is 9.36. The molecule has 1 aliphatic carbocycles. The Morgan fingerprint density at radius 2 is 1.76 bits per heavy atom. The number of hydrogen-bond donors (Lipinski definition) is 1. The van der Waals surface area contributed by atoms with Crippen LogP contribution in [-0.4, -0.2) is 32.9 Å². The van der Waals surface area contributed by atoms with Gasteiger partial charge < -0.3 is 5.73 Å². The molecule has 2 aliphatic rings. The molecule has 1 aromatic carbocycles. The van der Waals surface area contributed by atoms with Crippen LogP contribution in [0.3, 0.4) is 0 Å². The van der Waals surface area contributed by atoms with E-state index in [0.29, 0.717) is 44.1 Å². The van der Waals surface area contributed by atoms with Crippen molar-refractivity contribution in [1.29, 1.82) is 0 Å². The molecule has 29 heavy (non-hydrogen) atoms. The standard InChI is InChI=1S/C19H20F6N4/c20-14-5-16(22)15(21)4-13(14)12-2-1-11(3-17(12)26)28-7-10-6-27-29(18(10)8-28)9-19(23,24)25/h4-6,11-12,17H,1-3,7-9,26H2/t11-,12+,17?/m0/s1. The second kappa shape index (κ2) is 7.32. The van der Waals surface area contributed by atoms with Gasteiger partial charge in [0.2, 0.25) is 0 Å². The lowest BCUT2D eigenvalue weighted by Crippen LogP contribution is -2.44. The monoisotopic (exact) mass is 418 g/mol. The Morgan fingerprint density at radius 1 is 1.03 bits per heavy atom. The number of nitrogens with two attached hydrogens (primary N) is 1. The van der Waals surface area contributed by atoms with Gasteiger partial charge in [0, 0.05) is 42.7 Å². The van der Waals surface area contributed by atoms with E-state index in [4.69, 9.17) is 5.73 Å². The Balaban J connectivity index is 1.44. The lowest BCUT2D eigenvalue weighted by atomic mass is 9.77. The minimum absolute atomic E-state index is 0.0151. The molecule has 0 radical (unpaired) electrons. The first-order valence-electron chi connectivity index (χ1n) is 9.36. The lowest BCUT2D eigenvalue weighted by Gasteiger charge is -2.38. The normalized spacial score (nSPS) is 25.4. The molecule has 2 aromatic rings. The first-order chi connectivity index (χ1) is 13.6. The van der Waals surface area contributed by atoms with Crippen LogP contribution in [0.1, 0.15) is 42.0 Å². The van der Waals surface area contributed by atoms with Crippen molar-refractivity contribution in [1.82, 2.24) is 14.7 Å². The van der Waals surface area contributed by atoms with Gasteiger partial charge in [0.15, 0.2) is 11.6 Å². The molecule has 1 unspecified atom stereocenters. The molecule has 1 fully saturated rings. The van der Waals surface area contributed by atoms with Gasteiger partial charge in [0.05, 0.1) is 11.9 Å². The van der Waals surface area contributed by atoms with Crippen LogP contribution in [-0.2, 0) is 19.6 Å². The molecule has 0 spiro atoms. The fourth-order valence-electron chi connectivity index (χ4n) is 4.52. The highest BCUT2D eigenvalue weighted by molar-refractivity contribution is 5.27. The van der Waals surface area contributed by atoms with Crippen LogP contribution in [0, 0.1) is 17.5 Å². The summed E-state index contributed by atoms with van der Waals surface area (Å²) >= 11 is 0. The molecule has 1 aliphatic heterocycles. The average molecular weight is 418 g/mol. The molecule has 2 N–H and O–H groups in total. The Hall–Kier alpha value is -2.07. The van der Waals surface area contributed by atoms with Gasteiger partial charge in [-0.2, -0.15) is 18.3 Å². The number of rotatable bonds is 3. The quantitative estimate of drug-likeness (QED) is 0.609. The second-order valence-electron chi connectivity index (χ2n) is 7.82. The van der Waals surface area contributed by atoms with Crippen LogP contribution < -0.4 is 5.73 Å². The SMILES string of the molecule is NC1C[C@@H](N2Cc3cnn(CC(F)(F)F)c3C2)CC[C@@H]1c1cc(F)c(F)cc1F. The van der Waals surface area contributed by atoms with Crippen LogP contribution in [0.5, 0.6) is 0 Å². The predicted octanol–water partition coefficient (Wildman–Crippen LogP) is 3.84. The van der Waals surface area contributed by atoms with Crippen molar-refractivity contribution in [2.75, 3.05) is 0 Å². The van der Waals surface area contributed by atoms with E-state index in [-0.39, 0.29) is 11.6 Å². The van der Waals surface area contributed by atoms with Gasteiger partial charge in [0.1, 0.15) is 12.4 Å². The summed E-state index contributed by atoms with van der Waals surface area (Å²) < 4.78 is 80.0. The van der Waals surface area contributed by atoms with E-state index in [1.54, 1.807) is 0 Å². The van der Waals surface area contributed by atoms with Gasteiger partial charge in [-0.3, -0.25) is 9.58 Å². The maximum atomic E-state index is 14.1. The summed E-state index contributed by atoms with van der Waals surface area (Å²) in [5.74, 6) is -3.60. The molecule has 0 amide bonds. The highest BCUT2D eigenvalue weighted by atomic mass is 19.4. The van der Waals surface area contributed by atoms with Crippen LogP contribution in [0.15, 0.2) is 18.3 Å². The summed E-state index contributed by atoms with van der Waals surface area (Å²) in [5, 5.41) is 3.83. The molecule has 4 rings (SSSR count). The third-order valence-corrected chi connectivity index (χ3v) is 5.92. The molecule has 158 valence electrons. The fourth-order valence-corrected chi connectivity index (χ4v) is 4.52. The van der Waals surface area contributed by atoms with Crippen LogP contribution in [0.4, 0.5) is 26.3 Å². The summed E-state index contributed by atoms with van der Waals surface area (Å²) in [6, 6.07) is 0.949. The molecule has 0 bridgehead atoms. The Morgan fingerprint density at radius 3 is 2.45 bits per heavy atom. The second-order valence-corrected chi connectivity index (χ2v) is 7.82. The zero-order chi connectivity index (χ0) is 20.9. The number of hydrogen-bond acceptors (Lipinski definition) is 3.